The smallest absolute Gasteiger partial charge is 0.00532 e. The molecule has 104 valence electrons. The van der Waals surface area contributed by atoms with Gasteiger partial charge in [-0.25, -0.2) is 0 Å². The van der Waals surface area contributed by atoms with Gasteiger partial charge in [0.2, 0.25) is 0 Å². The van der Waals surface area contributed by atoms with E-state index < -0.39 is 0 Å². The maximum absolute atomic E-state index is 2.52. The summed E-state index contributed by atoms with van der Waals surface area (Å²) < 4.78 is 0. The van der Waals surface area contributed by atoms with Crippen LogP contribution in [-0.4, -0.2) is 0 Å². The van der Waals surface area contributed by atoms with Gasteiger partial charge in [0.15, 0.2) is 0 Å². The van der Waals surface area contributed by atoms with Crippen molar-refractivity contribution in [3.05, 3.63) is 83.9 Å². The fraction of sp³-hybridized carbons (Fsp3) is 0.238. The molecule has 0 aromatic heterocycles. The van der Waals surface area contributed by atoms with Crippen LogP contribution in [0.5, 0.6) is 0 Å². The zero-order valence-corrected chi connectivity index (χ0v) is 12.4. The molecule has 0 heteroatoms. The lowest BCUT2D eigenvalue weighted by Crippen LogP contribution is -2.27. The van der Waals surface area contributed by atoms with Gasteiger partial charge in [0.05, 0.1) is 0 Å². The van der Waals surface area contributed by atoms with Crippen LogP contribution in [0, 0.1) is 17.8 Å². The second-order valence-corrected chi connectivity index (χ2v) is 6.32. The molecule has 5 rings (SSSR count). The summed E-state index contributed by atoms with van der Waals surface area (Å²) in [5.41, 5.74) is 5.84. The van der Waals surface area contributed by atoms with E-state index >= 15 is 0 Å². The average Bonchev–Trinajstić information content (AvgIpc) is 2.56. The highest BCUT2D eigenvalue weighted by Crippen LogP contribution is 2.49. The van der Waals surface area contributed by atoms with Crippen molar-refractivity contribution in [3.8, 4) is 0 Å². The fourth-order valence-electron chi connectivity index (χ4n) is 3.90. The van der Waals surface area contributed by atoms with E-state index in [-0.39, 0.29) is 0 Å². The van der Waals surface area contributed by atoms with E-state index in [2.05, 4.69) is 79.7 Å². The number of fused-ring (bicyclic) bond motifs is 1. The van der Waals surface area contributed by atoms with Crippen molar-refractivity contribution in [1.82, 2.24) is 0 Å². The van der Waals surface area contributed by atoms with Gasteiger partial charge in [-0.1, -0.05) is 79.7 Å². The minimum atomic E-state index is 0.563. The number of hydrogen-bond donors (Lipinski definition) is 0. The Hall–Kier alpha value is -2.08. The van der Waals surface area contributed by atoms with E-state index in [1.54, 1.807) is 0 Å². The highest BCUT2D eigenvalue weighted by atomic mass is 14.4. The van der Waals surface area contributed by atoms with E-state index in [9.17, 15) is 0 Å². The van der Waals surface area contributed by atoms with Crippen LogP contribution in [-0.2, 0) is 0 Å². The molecule has 3 atom stereocenters. The average molecular weight is 272 g/mol. The topological polar surface area (TPSA) is 0 Å². The third-order valence-electron chi connectivity index (χ3n) is 4.95. The van der Waals surface area contributed by atoms with Crippen LogP contribution < -0.4 is 0 Å². The highest BCUT2D eigenvalue weighted by Gasteiger charge is 2.35. The van der Waals surface area contributed by atoms with E-state index in [0.29, 0.717) is 11.8 Å². The van der Waals surface area contributed by atoms with Gasteiger partial charge in [-0.15, -0.1) is 0 Å². The number of allylic oxidation sites excluding steroid dienone is 4. The molecule has 0 heterocycles. The van der Waals surface area contributed by atoms with Gasteiger partial charge in [0.1, 0.15) is 0 Å². The molecule has 3 aliphatic rings. The molecular weight excluding hydrogens is 252 g/mol. The maximum atomic E-state index is 2.52. The van der Waals surface area contributed by atoms with Gasteiger partial charge < -0.3 is 0 Å². The molecule has 0 radical (unpaired) electrons. The van der Waals surface area contributed by atoms with Crippen LogP contribution in [0.1, 0.15) is 24.5 Å². The van der Waals surface area contributed by atoms with Gasteiger partial charge in [0.25, 0.3) is 0 Å². The molecule has 0 unspecified atom stereocenters. The SMILES string of the molecule is C[C@H]1C[C@@H]2C=C(c3ccccc3)[C@H]1C=C2c1ccccc1. The lowest BCUT2D eigenvalue weighted by molar-refractivity contribution is 0.404. The molecule has 2 aromatic rings. The quantitative estimate of drug-likeness (QED) is 0.683. The maximum Gasteiger partial charge on any atom is 0.00532 e. The molecule has 2 aromatic carbocycles. The minimum Gasteiger partial charge on any atom is -0.0726 e. The fourth-order valence-corrected chi connectivity index (χ4v) is 3.90. The van der Waals surface area contributed by atoms with Gasteiger partial charge in [-0.05, 0) is 34.6 Å². The van der Waals surface area contributed by atoms with E-state index in [1.807, 2.05) is 0 Å². The molecule has 0 amide bonds. The van der Waals surface area contributed by atoms with Crippen LogP contribution in [0.2, 0.25) is 0 Å². The molecule has 0 saturated carbocycles. The Balaban J connectivity index is 1.75. The Kier molecular flexibility index (Phi) is 3.03. The summed E-state index contributed by atoms with van der Waals surface area (Å²) in [7, 11) is 0. The summed E-state index contributed by atoms with van der Waals surface area (Å²) in [5.74, 6) is 1.87. The van der Waals surface area contributed by atoms with Gasteiger partial charge >= 0.3 is 0 Å². The number of rotatable bonds is 2. The summed E-state index contributed by atoms with van der Waals surface area (Å²) in [6.45, 7) is 2.39. The first-order valence-electron chi connectivity index (χ1n) is 7.87. The van der Waals surface area contributed by atoms with Crippen molar-refractivity contribution in [2.75, 3.05) is 0 Å². The summed E-state index contributed by atoms with van der Waals surface area (Å²) in [6.07, 6.45) is 6.32. The van der Waals surface area contributed by atoms with Crippen LogP contribution in [0.15, 0.2) is 72.8 Å². The molecule has 0 nitrogen and oxygen atoms in total. The van der Waals surface area contributed by atoms with E-state index in [4.69, 9.17) is 0 Å². The second kappa shape index (κ2) is 5.04. The van der Waals surface area contributed by atoms with Crippen molar-refractivity contribution in [2.24, 2.45) is 17.8 Å². The lowest BCUT2D eigenvalue weighted by atomic mass is 9.64. The lowest BCUT2D eigenvalue weighted by Gasteiger charge is -2.40. The normalized spacial score (nSPS) is 27.2. The van der Waals surface area contributed by atoms with E-state index in [1.165, 1.54) is 28.7 Å². The van der Waals surface area contributed by atoms with E-state index in [0.717, 1.165) is 5.92 Å². The molecule has 3 aliphatic carbocycles. The predicted molar refractivity (Wildman–Crippen MR) is 89.6 cm³/mol. The number of hydrogen-bond acceptors (Lipinski definition) is 0. The highest BCUT2D eigenvalue weighted by molar-refractivity contribution is 5.82. The van der Waals surface area contributed by atoms with Gasteiger partial charge in [-0.2, -0.15) is 0 Å². The minimum absolute atomic E-state index is 0.563. The van der Waals surface area contributed by atoms with Crippen molar-refractivity contribution < 1.29 is 0 Å². The standard InChI is InChI=1S/C21H20/c1-15-12-18-13-21(17-10-6-3-7-11-17)19(15)14-20(18)16-8-4-2-5-9-16/h2-11,13-15,18-19H,12H2,1H3/t15-,18+,19-/m0/s1. The first-order valence-corrected chi connectivity index (χ1v) is 7.87. The Bertz CT molecular complexity index is 691. The molecule has 0 fully saturated rings. The Labute approximate surface area is 126 Å². The third-order valence-corrected chi connectivity index (χ3v) is 4.95. The Morgan fingerprint density at radius 3 is 1.86 bits per heavy atom. The van der Waals surface area contributed by atoms with Crippen molar-refractivity contribution in [1.29, 1.82) is 0 Å². The monoisotopic (exact) mass is 272 g/mol. The summed E-state index contributed by atoms with van der Waals surface area (Å²) in [4.78, 5) is 0. The van der Waals surface area contributed by atoms with Crippen molar-refractivity contribution >= 4 is 11.1 Å². The van der Waals surface area contributed by atoms with Crippen LogP contribution in [0.25, 0.3) is 11.1 Å². The van der Waals surface area contributed by atoms with Crippen molar-refractivity contribution in [3.63, 3.8) is 0 Å². The largest absolute Gasteiger partial charge is 0.0726 e. The Morgan fingerprint density at radius 1 is 0.714 bits per heavy atom. The third kappa shape index (κ3) is 2.15. The van der Waals surface area contributed by atoms with Crippen LogP contribution in [0.3, 0.4) is 0 Å². The van der Waals surface area contributed by atoms with Crippen LogP contribution >= 0.6 is 0 Å². The summed E-state index contributed by atoms with van der Waals surface area (Å²) in [5, 5.41) is 0. The molecule has 0 saturated heterocycles. The van der Waals surface area contributed by atoms with Gasteiger partial charge in [0, 0.05) is 11.8 Å². The van der Waals surface area contributed by atoms with Gasteiger partial charge in [-0.3, -0.25) is 0 Å². The summed E-state index contributed by atoms with van der Waals surface area (Å²) >= 11 is 0. The molecule has 0 N–H and O–H groups in total. The predicted octanol–water partition coefficient (Wildman–Crippen LogP) is 5.44. The number of benzene rings is 2. The molecule has 2 bridgehead atoms. The zero-order chi connectivity index (χ0) is 14.2. The molecule has 21 heavy (non-hydrogen) atoms. The zero-order valence-electron chi connectivity index (χ0n) is 12.4. The van der Waals surface area contributed by atoms with Crippen LogP contribution in [0.4, 0.5) is 0 Å². The van der Waals surface area contributed by atoms with Crippen molar-refractivity contribution in [2.45, 2.75) is 13.3 Å². The summed E-state index contributed by atoms with van der Waals surface area (Å²) in [6, 6.07) is 21.7. The second-order valence-electron chi connectivity index (χ2n) is 6.32. The molecule has 0 spiro atoms. The first kappa shape index (κ1) is 12.6. The molecular formula is C21H20. The molecule has 0 aliphatic heterocycles. The Morgan fingerprint density at radius 2 is 1.29 bits per heavy atom. The first-order chi connectivity index (χ1) is 10.3.